The second-order valence-corrected chi connectivity index (χ2v) is 5.12. The second kappa shape index (κ2) is 5.29. The molecule has 2 aliphatic rings. The van der Waals surface area contributed by atoms with Crippen molar-refractivity contribution in [3.8, 4) is 0 Å². The third kappa shape index (κ3) is 2.25. The van der Waals surface area contributed by atoms with Gasteiger partial charge in [-0.05, 0) is 24.9 Å². The molecule has 1 aromatic rings. The number of amides is 1. The molecule has 1 spiro atoms. The van der Waals surface area contributed by atoms with E-state index in [2.05, 4.69) is 34.9 Å². The van der Waals surface area contributed by atoms with Crippen molar-refractivity contribution < 1.29 is 4.79 Å². The van der Waals surface area contributed by atoms with Gasteiger partial charge in [0, 0.05) is 24.4 Å². The van der Waals surface area contributed by atoms with E-state index in [4.69, 9.17) is 0 Å². The summed E-state index contributed by atoms with van der Waals surface area (Å²) in [5, 5.41) is 6.69. The van der Waals surface area contributed by atoms with Gasteiger partial charge in [-0.15, -0.1) is 12.4 Å². The molecule has 2 fully saturated rings. The monoisotopic (exact) mass is 266 g/mol. The summed E-state index contributed by atoms with van der Waals surface area (Å²) in [7, 11) is 0. The summed E-state index contributed by atoms with van der Waals surface area (Å²) in [5.74, 6) is 0.622. The molecule has 2 unspecified atom stereocenters. The average Bonchev–Trinajstić information content (AvgIpc) is 2.73. The van der Waals surface area contributed by atoms with Gasteiger partial charge < -0.3 is 10.6 Å². The van der Waals surface area contributed by atoms with Crippen LogP contribution < -0.4 is 10.6 Å². The van der Waals surface area contributed by atoms with Crippen LogP contribution in [-0.2, 0) is 4.79 Å². The van der Waals surface area contributed by atoms with Crippen molar-refractivity contribution in [2.24, 2.45) is 0 Å². The molecular formula is C14H19ClN2O. The van der Waals surface area contributed by atoms with E-state index in [9.17, 15) is 4.79 Å². The van der Waals surface area contributed by atoms with Crippen molar-refractivity contribution in [2.75, 3.05) is 13.1 Å². The molecule has 2 heterocycles. The standard InChI is InChI=1S/C14H18N2O.ClH/c17-13-6-7-14(16-13)8-9-15-10-12(14)11-4-2-1-3-5-11;/h1-5,12,15H,6-10H2,(H,16,17);1H. The van der Waals surface area contributed by atoms with E-state index in [0.717, 1.165) is 25.9 Å². The molecule has 0 saturated carbocycles. The molecule has 2 saturated heterocycles. The van der Waals surface area contributed by atoms with Crippen LogP contribution in [0, 0.1) is 0 Å². The van der Waals surface area contributed by atoms with Crippen LogP contribution in [-0.4, -0.2) is 24.5 Å². The van der Waals surface area contributed by atoms with Crippen molar-refractivity contribution >= 4 is 18.3 Å². The Morgan fingerprint density at radius 3 is 2.61 bits per heavy atom. The van der Waals surface area contributed by atoms with Gasteiger partial charge in [-0.3, -0.25) is 4.79 Å². The summed E-state index contributed by atoms with van der Waals surface area (Å²) in [5.41, 5.74) is 1.34. The van der Waals surface area contributed by atoms with Crippen molar-refractivity contribution in [1.29, 1.82) is 0 Å². The summed E-state index contributed by atoms with van der Waals surface area (Å²) in [4.78, 5) is 11.6. The van der Waals surface area contributed by atoms with Crippen LogP contribution in [0.1, 0.15) is 30.7 Å². The van der Waals surface area contributed by atoms with E-state index in [1.54, 1.807) is 0 Å². The van der Waals surface area contributed by atoms with Gasteiger partial charge in [-0.2, -0.15) is 0 Å². The van der Waals surface area contributed by atoms with Crippen LogP contribution in [0.4, 0.5) is 0 Å². The van der Waals surface area contributed by atoms with Crippen molar-refractivity contribution in [3.63, 3.8) is 0 Å². The molecule has 0 aromatic heterocycles. The van der Waals surface area contributed by atoms with Crippen molar-refractivity contribution in [1.82, 2.24) is 10.6 Å². The predicted octanol–water partition coefficient (Wildman–Crippen LogP) is 1.83. The molecule has 98 valence electrons. The molecule has 4 heteroatoms. The first kappa shape index (κ1) is 13.4. The number of benzene rings is 1. The lowest BCUT2D eigenvalue weighted by Crippen LogP contribution is -2.55. The fourth-order valence-electron chi connectivity index (χ4n) is 3.24. The Kier molecular flexibility index (Phi) is 3.93. The van der Waals surface area contributed by atoms with E-state index < -0.39 is 0 Å². The molecule has 3 rings (SSSR count). The molecule has 2 N–H and O–H groups in total. The van der Waals surface area contributed by atoms with Gasteiger partial charge >= 0.3 is 0 Å². The number of carbonyl (C=O) groups is 1. The average molecular weight is 267 g/mol. The Morgan fingerprint density at radius 2 is 1.94 bits per heavy atom. The number of hydrogen-bond acceptors (Lipinski definition) is 2. The minimum Gasteiger partial charge on any atom is -0.350 e. The van der Waals surface area contributed by atoms with Crippen molar-refractivity contribution in [2.45, 2.75) is 30.7 Å². The second-order valence-electron chi connectivity index (χ2n) is 5.12. The molecule has 0 aliphatic carbocycles. The summed E-state index contributed by atoms with van der Waals surface area (Å²) in [6.45, 7) is 1.97. The van der Waals surface area contributed by atoms with Crippen LogP contribution in [0.15, 0.2) is 30.3 Å². The Bertz CT molecular complexity index is 423. The Balaban J connectivity index is 0.00000120. The third-order valence-corrected chi connectivity index (χ3v) is 4.15. The minimum absolute atomic E-state index is 0. The first-order chi connectivity index (χ1) is 8.30. The first-order valence-corrected chi connectivity index (χ1v) is 6.37. The SMILES string of the molecule is Cl.O=C1CCC2(CCNCC2c2ccccc2)N1. The Hall–Kier alpha value is -1.06. The number of rotatable bonds is 1. The van der Waals surface area contributed by atoms with Crippen LogP contribution in [0.5, 0.6) is 0 Å². The zero-order chi connectivity index (χ0) is 11.7. The molecule has 3 nitrogen and oxygen atoms in total. The van der Waals surface area contributed by atoms with E-state index in [1.807, 2.05) is 6.07 Å². The highest BCUT2D eigenvalue weighted by Gasteiger charge is 2.45. The number of hydrogen-bond donors (Lipinski definition) is 2. The van der Waals surface area contributed by atoms with E-state index in [1.165, 1.54) is 5.56 Å². The molecule has 0 radical (unpaired) electrons. The quantitative estimate of drug-likeness (QED) is 0.814. The molecule has 18 heavy (non-hydrogen) atoms. The van der Waals surface area contributed by atoms with E-state index in [0.29, 0.717) is 12.3 Å². The van der Waals surface area contributed by atoms with Crippen LogP contribution in [0.25, 0.3) is 0 Å². The number of nitrogens with one attached hydrogen (secondary N) is 2. The highest BCUT2D eigenvalue weighted by Crippen LogP contribution is 2.39. The van der Waals surface area contributed by atoms with Crippen LogP contribution >= 0.6 is 12.4 Å². The summed E-state index contributed by atoms with van der Waals surface area (Å²) < 4.78 is 0. The zero-order valence-corrected chi connectivity index (χ0v) is 11.1. The van der Waals surface area contributed by atoms with Gasteiger partial charge in [-0.1, -0.05) is 30.3 Å². The maximum Gasteiger partial charge on any atom is 0.220 e. The van der Waals surface area contributed by atoms with Gasteiger partial charge in [0.25, 0.3) is 0 Å². The highest BCUT2D eigenvalue weighted by atomic mass is 35.5. The summed E-state index contributed by atoms with van der Waals surface area (Å²) in [6, 6.07) is 10.5. The maximum atomic E-state index is 11.6. The molecule has 1 amide bonds. The fraction of sp³-hybridized carbons (Fsp3) is 0.500. The van der Waals surface area contributed by atoms with Gasteiger partial charge in [0.2, 0.25) is 5.91 Å². The molecular weight excluding hydrogens is 248 g/mol. The minimum atomic E-state index is 0. The van der Waals surface area contributed by atoms with Gasteiger partial charge in [0.1, 0.15) is 0 Å². The third-order valence-electron chi connectivity index (χ3n) is 4.15. The predicted molar refractivity (Wildman–Crippen MR) is 74.0 cm³/mol. The summed E-state index contributed by atoms with van der Waals surface area (Å²) in [6.07, 6.45) is 2.70. The van der Waals surface area contributed by atoms with Gasteiger partial charge in [0.05, 0.1) is 0 Å². The molecule has 2 atom stereocenters. The normalized spacial score (nSPS) is 30.9. The van der Waals surface area contributed by atoms with E-state index in [-0.39, 0.29) is 23.9 Å². The number of piperidine rings is 1. The zero-order valence-electron chi connectivity index (χ0n) is 10.3. The van der Waals surface area contributed by atoms with Crippen molar-refractivity contribution in [3.05, 3.63) is 35.9 Å². The topological polar surface area (TPSA) is 41.1 Å². The van der Waals surface area contributed by atoms with Gasteiger partial charge in [0.15, 0.2) is 0 Å². The largest absolute Gasteiger partial charge is 0.350 e. The fourth-order valence-corrected chi connectivity index (χ4v) is 3.24. The maximum absolute atomic E-state index is 11.6. The number of carbonyl (C=O) groups excluding carboxylic acids is 1. The summed E-state index contributed by atoms with van der Waals surface area (Å²) >= 11 is 0. The van der Waals surface area contributed by atoms with Crippen LogP contribution in [0.2, 0.25) is 0 Å². The molecule has 0 bridgehead atoms. The highest BCUT2D eigenvalue weighted by molar-refractivity contribution is 5.85. The van der Waals surface area contributed by atoms with Crippen LogP contribution in [0.3, 0.4) is 0 Å². The first-order valence-electron chi connectivity index (χ1n) is 6.37. The molecule has 1 aromatic carbocycles. The number of halogens is 1. The van der Waals surface area contributed by atoms with Gasteiger partial charge in [-0.25, -0.2) is 0 Å². The smallest absolute Gasteiger partial charge is 0.220 e. The Morgan fingerprint density at radius 1 is 1.17 bits per heavy atom. The Labute approximate surface area is 114 Å². The van der Waals surface area contributed by atoms with E-state index >= 15 is 0 Å². The molecule has 2 aliphatic heterocycles. The lowest BCUT2D eigenvalue weighted by molar-refractivity contribution is -0.120. The lowest BCUT2D eigenvalue weighted by Gasteiger charge is -2.42. The lowest BCUT2D eigenvalue weighted by atomic mass is 9.74.